The molecule has 0 saturated carbocycles. The molecular formula is C23H27N3O5S2. The lowest BCUT2D eigenvalue weighted by Crippen LogP contribution is -2.33. The Morgan fingerprint density at radius 3 is 2.64 bits per heavy atom. The third-order valence-electron chi connectivity index (χ3n) is 4.85. The molecule has 0 saturated heterocycles. The number of sulfonamides is 1. The van der Waals surface area contributed by atoms with Crippen LogP contribution in [0, 0.1) is 0 Å². The molecule has 8 nitrogen and oxygen atoms in total. The monoisotopic (exact) mass is 489 g/mol. The minimum atomic E-state index is -3.62. The first kappa shape index (κ1) is 24.8. The summed E-state index contributed by atoms with van der Waals surface area (Å²) in [7, 11) is -3.62. The maximum atomic E-state index is 13.2. The van der Waals surface area contributed by atoms with E-state index in [1.807, 2.05) is 19.1 Å². The summed E-state index contributed by atoms with van der Waals surface area (Å²) in [5, 5.41) is 12.9. The molecule has 0 spiro atoms. The first-order chi connectivity index (χ1) is 15.8. The molecule has 33 heavy (non-hydrogen) atoms. The average Bonchev–Trinajstić information content (AvgIpc) is 3.33. The molecule has 1 aromatic heterocycles. The number of rotatable bonds is 12. The van der Waals surface area contributed by atoms with Crippen LogP contribution < -0.4 is 0 Å². The van der Waals surface area contributed by atoms with Crippen LogP contribution in [-0.4, -0.2) is 59.0 Å². The molecule has 0 fully saturated rings. The summed E-state index contributed by atoms with van der Waals surface area (Å²) >= 11 is 1.56. The number of ether oxygens (including phenoxy) is 1. The fourth-order valence-corrected chi connectivity index (χ4v) is 5.92. The van der Waals surface area contributed by atoms with Crippen LogP contribution in [0.1, 0.15) is 19.8 Å². The van der Waals surface area contributed by atoms with E-state index in [0.29, 0.717) is 43.0 Å². The lowest BCUT2D eigenvalue weighted by atomic mass is 10.1. The molecule has 176 valence electrons. The maximum Gasteiger partial charge on any atom is 0.341 e. The highest BCUT2D eigenvalue weighted by Crippen LogP contribution is 2.31. The van der Waals surface area contributed by atoms with Crippen LogP contribution in [0.2, 0.25) is 0 Å². The molecule has 0 aliphatic heterocycles. The van der Waals surface area contributed by atoms with Crippen LogP contribution in [-0.2, 0) is 19.6 Å². The fourth-order valence-electron chi connectivity index (χ4n) is 3.25. The summed E-state index contributed by atoms with van der Waals surface area (Å²) in [6, 6.07) is 8.52. The van der Waals surface area contributed by atoms with Gasteiger partial charge in [0.05, 0.1) is 10.6 Å². The van der Waals surface area contributed by atoms with E-state index < -0.39 is 22.6 Å². The van der Waals surface area contributed by atoms with Crippen molar-refractivity contribution < 1.29 is 23.1 Å². The second-order valence-electron chi connectivity index (χ2n) is 7.32. The van der Waals surface area contributed by atoms with Crippen LogP contribution in [0.4, 0.5) is 0 Å². The van der Waals surface area contributed by atoms with Crippen molar-refractivity contribution >= 4 is 27.8 Å². The predicted octanol–water partition coefficient (Wildman–Crippen LogP) is 3.84. The third-order valence-corrected chi connectivity index (χ3v) is 7.80. The first-order valence-electron chi connectivity index (χ1n) is 10.5. The van der Waals surface area contributed by atoms with Gasteiger partial charge < -0.3 is 9.84 Å². The molecule has 1 aromatic carbocycles. The Hall–Kier alpha value is -2.82. The number of allylic oxidation sites excluding steroid dienone is 4. The molecule has 1 aliphatic carbocycles. The van der Waals surface area contributed by atoms with Gasteiger partial charge in [-0.1, -0.05) is 13.5 Å². The van der Waals surface area contributed by atoms with E-state index in [1.54, 1.807) is 59.2 Å². The van der Waals surface area contributed by atoms with Gasteiger partial charge >= 0.3 is 5.97 Å². The minimum absolute atomic E-state index is 0.255. The zero-order chi connectivity index (χ0) is 23.8. The zero-order valence-electron chi connectivity index (χ0n) is 18.4. The normalized spacial score (nSPS) is 14.2. The van der Waals surface area contributed by atoms with Crippen LogP contribution in [0.25, 0.3) is 5.69 Å². The van der Waals surface area contributed by atoms with Gasteiger partial charge in [0.15, 0.2) is 6.61 Å². The summed E-state index contributed by atoms with van der Waals surface area (Å²) in [6.07, 6.45) is 8.30. The van der Waals surface area contributed by atoms with Crippen LogP contribution in [0.3, 0.4) is 0 Å². The molecule has 1 N–H and O–H groups in total. The fraction of sp³-hybridized carbons (Fsp3) is 0.304. The van der Waals surface area contributed by atoms with Gasteiger partial charge in [-0.2, -0.15) is 9.40 Å². The largest absolute Gasteiger partial charge is 0.482 e. The summed E-state index contributed by atoms with van der Waals surface area (Å²) < 4.78 is 34.8. The van der Waals surface area contributed by atoms with Gasteiger partial charge in [-0.05, 0) is 59.4 Å². The number of aliphatic carboxylic acids is 1. The summed E-state index contributed by atoms with van der Waals surface area (Å²) in [5.41, 5.74) is 1.50. The van der Waals surface area contributed by atoms with Crippen molar-refractivity contribution in [2.45, 2.75) is 24.7 Å². The standard InChI is InChI=1S/C23H27N3O5S2/c1-3-12-25(14-15-32-20-7-10-22(18(2)16-20)31-17-23(27)28)33(29,30)21-8-5-19(6-9-21)26-13-4-11-24-26/h4-11,13H,2-3,12,14-17H2,1H3,(H,27,28). The lowest BCUT2D eigenvalue weighted by Gasteiger charge is -2.22. The van der Waals surface area contributed by atoms with Crippen molar-refractivity contribution in [3.8, 4) is 5.69 Å². The van der Waals surface area contributed by atoms with Gasteiger partial charge in [0.2, 0.25) is 10.0 Å². The molecule has 1 heterocycles. The number of hydrogen-bond acceptors (Lipinski definition) is 6. The lowest BCUT2D eigenvalue weighted by molar-refractivity contribution is -0.140. The minimum Gasteiger partial charge on any atom is -0.482 e. The number of aromatic nitrogens is 2. The smallest absolute Gasteiger partial charge is 0.341 e. The average molecular weight is 490 g/mol. The molecule has 0 atom stereocenters. The number of carbonyl (C=O) groups is 1. The van der Waals surface area contributed by atoms with E-state index in [2.05, 4.69) is 11.7 Å². The van der Waals surface area contributed by atoms with Crippen LogP contribution in [0.15, 0.2) is 82.6 Å². The van der Waals surface area contributed by atoms with Crippen molar-refractivity contribution in [2.75, 3.05) is 25.4 Å². The van der Waals surface area contributed by atoms with Crippen molar-refractivity contribution in [3.05, 3.63) is 77.7 Å². The second-order valence-corrected chi connectivity index (χ2v) is 10.5. The van der Waals surface area contributed by atoms with Gasteiger partial charge in [0.1, 0.15) is 5.76 Å². The molecule has 3 rings (SSSR count). The molecule has 0 radical (unpaired) electrons. The highest BCUT2D eigenvalue weighted by atomic mass is 32.2. The van der Waals surface area contributed by atoms with Gasteiger partial charge in [0.25, 0.3) is 0 Å². The van der Waals surface area contributed by atoms with Gasteiger partial charge in [0, 0.05) is 37.7 Å². The summed E-state index contributed by atoms with van der Waals surface area (Å²) in [6.45, 7) is 6.30. The van der Waals surface area contributed by atoms with Crippen molar-refractivity contribution in [2.24, 2.45) is 0 Å². The summed E-state index contributed by atoms with van der Waals surface area (Å²) in [5.74, 6) is 0.0136. The molecule has 2 aromatic rings. The molecule has 0 amide bonds. The van der Waals surface area contributed by atoms with Gasteiger partial charge in [-0.3, -0.25) is 0 Å². The Labute approximate surface area is 198 Å². The topological polar surface area (TPSA) is 102 Å². The second kappa shape index (κ2) is 11.4. The van der Waals surface area contributed by atoms with E-state index in [9.17, 15) is 13.2 Å². The van der Waals surface area contributed by atoms with E-state index >= 15 is 0 Å². The van der Waals surface area contributed by atoms with E-state index in [-0.39, 0.29) is 4.90 Å². The Morgan fingerprint density at radius 2 is 2.03 bits per heavy atom. The zero-order valence-corrected chi connectivity index (χ0v) is 20.0. The summed E-state index contributed by atoms with van der Waals surface area (Å²) in [4.78, 5) is 11.9. The number of nitrogens with zero attached hydrogens (tertiary/aromatic N) is 3. The first-order valence-corrected chi connectivity index (χ1v) is 12.9. The highest BCUT2D eigenvalue weighted by Gasteiger charge is 2.24. The number of hydrogen-bond donors (Lipinski definition) is 1. The number of thioether (sulfide) groups is 1. The Morgan fingerprint density at radius 1 is 1.27 bits per heavy atom. The van der Waals surface area contributed by atoms with E-state index in [4.69, 9.17) is 9.84 Å². The molecular weight excluding hydrogens is 462 g/mol. The maximum absolute atomic E-state index is 13.2. The molecule has 1 aliphatic rings. The Bertz CT molecular complexity index is 1140. The van der Waals surface area contributed by atoms with Crippen molar-refractivity contribution in [1.29, 1.82) is 0 Å². The van der Waals surface area contributed by atoms with Gasteiger partial charge in [-0.25, -0.2) is 17.9 Å². The third kappa shape index (κ3) is 6.59. The Kier molecular flexibility index (Phi) is 8.54. The van der Waals surface area contributed by atoms with Crippen LogP contribution in [0.5, 0.6) is 0 Å². The molecule has 10 heteroatoms. The van der Waals surface area contributed by atoms with E-state index in [0.717, 1.165) is 10.6 Å². The van der Waals surface area contributed by atoms with Gasteiger partial charge in [-0.15, -0.1) is 11.8 Å². The predicted molar refractivity (Wildman–Crippen MR) is 129 cm³/mol. The van der Waals surface area contributed by atoms with Crippen molar-refractivity contribution in [3.63, 3.8) is 0 Å². The highest BCUT2D eigenvalue weighted by molar-refractivity contribution is 8.03. The van der Waals surface area contributed by atoms with Crippen molar-refractivity contribution in [1.82, 2.24) is 14.1 Å². The number of benzene rings is 1. The quantitative estimate of drug-likeness (QED) is 0.483. The molecule has 0 bridgehead atoms. The number of carboxylic acids is 1. The molecule has 0 unspecified atom stereocenters. The SMILES string of the molecule is C=C1CC(SCCN(CCC)S(=O)(=O)c2ccc(-n3cccn3)cc2)=CC=C1OCC(=O)O. The number of carboxylic acid groups (broad SMARTS) is 1. The van der Waals surface area contributed by atoms with Crippen LogP contribution >= 0.6 is 11.8 Å². The Balaban J connectivity index is 1.62. The van der Waals surface area contributed by atoms with E-state index in [1.165, 1.54) is 4.31 Å².